The summed E-state index contributed by atoms with van der Waals surface area (Å²) in [5.74, 6) is 0. The highest BCUT2D eigenvalue weighted by Gasteiger charge is 2.24. The fraction of sp³-hybridized carbons (Fsp3) is 0.300. The molecular weight excluding hydrogens is 162 g/mol. The Hall–Kier alpha value is -1.51. The van der Waals surface area contributed by atoms with Crippen LogP contribution in [0.25, 0.3) is 0 Å². The lowest BCUT2D eigenvalue weighted by molar-refractivity contribution is 0.620. The van der Waals surface area contributed by atoms with Gasteiger partial charge < -0.3 is 0 Å². The molecule has 0 bridgehead atoms. The Morgan fingerprint density at radius 3 is 2.62 bits per heavy atom. The smallest absolute Gasteiger partial charge is 0.122 e. The molecule has 3 heteroatoms. The molecule has 2 rings (SSSR count). The molecule has 1 aliphatic rings. The first kappa shape index (κ1) is 8.10. The maximum absolute atomic E-state index is 4.07. The molecule has 3 nitrogen and oxygen atoms in total. The van der Waals surface area contributed by atoms with Crippen LogP contribution in [0.1, 0.15) is 12.5 Å². The van der Waals surface area contributed by atoms with Gasteiger partial charge in [0.2, 0.25) is 0 Å². The van der Waals surface area contributed by atoms with Gasteiger partial charge in [-0.15, -0.1) is 5.10 Å². The van der Waals surface area contributed by atoms with Gasteiger partial charge in [0.1, 0.15) is 5.54 Å². The highest BCUT2D eigenvalue weighted by molar-refractivity contribution is 5.71. The van der Waals surface area contributed by atoms with Crippen LogP contribution in [-0.2, 0) is 6.42 Å². The van der Waals surface area contributed by atoms with E-state index in [1.165, 1.54) is 5.56 Å². The molecule has 66 valence electrons. The molecule has 0 amide bonds. The zero-order chi connectivity index (χ0) is 9.15. The Labute approximate surface area is 77.2 Å². The SMILES string of the molecule is CC1(Cc2ccccc2)C=NN=N1. The minimum Gasteiger partial charge on any atom is -0.156 e. The predicted molar refractivity (Wildman–Crippen MR) is 51.9 cm³/mol. The van der Waals surface area contributed by atoms with Crippen LogP contribution in [0.4, 0.5) is 0 Å². The van der Waals surface area contributed by atoms with E-state index < -0.39 is 0 Å². The Bertz CT molecular complexity index is 328. The second-order valence-corrected chi connectivity index (χ2v) is 3.45. The van der Waals surface area contributed by atoms with Crippen molar-refractivity contribution >= 4 is 6.21 Å². The van der Waals surface area contributed by atoms with Crippen molar-refractivity contribution < 1.29 is 0 Å². The van der Waals surface area contributed by atoms with E-state index in [1.807, 2.05) is 25.1 Å². The van der Waals surface area contributed by atoms with Crippen LogP contribution in [0.15, 0.2) is 45.8 Å². The third-order valence-corrected chi connectivity index (χ3v) is 2.07. The van der Waals surface area contributed by atoms with Gasteiger partial charge in [0, 0.05) is 6.42 Å². The molecule has 0 saturated heterocycles. The third-order valence-electron chi connectivity index (χ3n) is 2.07. The molecule has 0 fully saturated rings. The fourth-order valence-corrected chi connectivity index (χ4v) is 1.39. The summed E-state index contributed by atoms with van der Waals surface area (Å²) in [6.07, 6.45) is 2.65. The van der Waals surface area contributed by atoms with Crippen LogP contribution in [-0.4, -0.2) is 11.8 Å². The summed E-state index contributed by atoms with van der Waals surface area (Å²) in [6, 6.07) is 10.2. The lowest BCUT2D eigenvalue weighted by atomic mass is 9.95. The van der Waals surface area contributed by atoms with E-state index >= 15 is 0 Å². The molecule has 1 atom stereocenters. The fourth-order valence-electron chi connectivity index (χ4n) is 1.39. The minimum atomic E-state index is -0.235. The first-order chi connectivity index (χ1) is 6.29. The zero-order valence-corrected chi connectivity index (χ0v) is 7.51. The normalized spacial score (nSPS) is 25.3. The molecule has 1 unspecified atom stereocenters. The summed E-state index contributed by atoms with van der Waals surface area (Å²) >= 11 is 0. The van der Waals surface area contributed by atoms with Crippen molar-refractivity contribution in [1.29, 1.82) is 0 Å². The van der Waals surface area contributed by atoms with E-state index in [-0.39, 0.29) is 5.54 Å². The van der Waals surface area contributed by atoms with E-state index in [9.17, 15) is 0 Å². The number of nitrogens with zero attached hydrogens (tertiary/aromatic N) is 3. The van der Waals surface area contributed by atoms with Gasteiger partial charge in [-0.25, -0.2) is 0 Å². The van der Waals surface area contributed by atoms with Crippen LogP contribution in [0.2, 0.25) is 0 Å². The summed E-state index contributed by atoms with van der Waals surface area (Å²) in [5.41, 5.74) is 1.03. The molecule has 0 aliphatic carbocycles. The van der Waals surface area contributed by atoms with Gasteiger partial charge in [-0.2, -0.15) is 5.11 Å². The van der Waals surface area contributed by atoms with Crippen LogP contribution in [0.5, 0.6) is 0 Å². The lowest BCUT2D eigenvalue weighted by Crippen LogP contribution is -2.24. The van der Waals surface area contributed by atoms with Gasteiger partial charge in [-0.05, 0) is 17.7 Å². The summed E-state index contributed by atoms with van der Waals surface area (Å²) in [5, 5.41) is 11.5. The van der Waals surface area contributed by atoms with Crippen molar-refractivity contribution in [2.75, 3.05) is 0 Å². The number of rotatable bonds is 2. The van der Waals surface area contributed by atoms with Gasteiger partial charge >= 0.3 is 0 Å². The summed E-state index contributed by atoms with van der Waals surface area (Å²) < 4.78 is 0. The largest absolute Gasteiger partial charge is 0.156 e. The lowest BCUT2D eigenvalue weighted by Gasteiger charge is -2.14. The standard InChI is InChI=1S/C10H11N3/c1-10(8-11-13-12-10)7-9-5-3-2-4-6-9/h2-6,8H,7H2,1H3. The van der Waals surface area contributed by atoms with Crippen LogP contribution >= 0.6 is 0 Å². The molecule has 0 aromatic heterocycles. The summed E-state index contributed by atoms with van der Waals surface area (Å²) in [7, 11) is 0. The number of hydrogen-bond donors (Lipinski definition) is 0. The molecule has 0 N–H and O–H groups in total. The minimum absolute atomic E-state index is 0.235. The Morgan fingerprint density at radius 2 is 2.00 bits per heavy atom. The molecule has 0 radical (unpaired) electrons. The third kappa shape index (κ3) is 1.80. The van der Waals surface area contributed by atoms with Gasteiger partial charge in [0.05, 0.1) is 6.21 Å². The number of benzene rings is 1. The van der Waals surface area contributed by atoms with Crippen molar-refractivity contribution in [3.63, 3.8) is 0 Å². The van der Waals surface area contributed by atoms with Gasteiger partial charge in [-0.1, -0.05) is 30.3 Å². The van der Waals surface area contributed by atoms with Crippen molar-refractivity contribution in [3.05, 3.63) is 35.9 Å². The second-order valence-electron chi connectivity index (χ2n) is 3.45. The van der Waals surface area contributed by atoms with Crippen LogP contribution < -0.4 is 0 Å². The quantitative estimate of drug-likeness (QED) is 0.658. The van der Waals surface area contributed by atoms with E-state index in [0.717, 1.165) is 6.42 Å². The molecular formula is C10H11N3. The van der Waals surface area contributed by atoms with E-state index in [4.69, 9.17) is 0 Å². The average molecular weight is 173 g/mol. The monoisotopic (exact) mass is 173 g/mol. The molecule has 1 heterocycles. The Morgan fingerprint density at radius 1 is 1.23 bits per heavy atom. The van der Waals surface area contributed by atoms with Gasteiger partial charge in [0.25, 0.3) is 0 Å². The Kier molecular flexibility index (Phi) is 1.93. The van der Waals surface area contributed by atoms with Crippen molar-refractivity contribution in [3.8, 4) is 0 Å². The predicted octanol–water partition coefficient (Wildman–Crippen LogP) is 2.44. The van der Waals surface area contributed by atoms with Gasteiger partial charge in [0.15, 0.2) is 0 Å². The van der Waals surface area contributed by atoms with E-state index in [1.54, 1.807) is 6.21 Å². The molecule has 13 heavy (non-hydrogen) atoms. The summed E-state index contributed by atoms with van der Waals surface area (Å²) in [4.78, 5) is 0. The summed E-state index contributed by atoms with van der Waals surface area (Å²) in [6.45, 7) is 2.03. The first-order valence-corrected chi connectivity index (χ1v) is 4.29. The molecule has 1 aliphatic heterocycles. The molecule has 1 aromatic rings. The average Bonchev–Trinajstić information content (AvgIpc) is 2.54. The Balaban J connectivity index is 2.15. The van der Waals surface area contributed by atoms with Crippen molar-refractivity contribution in [2.45, 2.75) is 18.9 Å². The molecule has 0 saturated carbocycles. The highest BCUT2D eigenvalue weighted by atomic mass is 15.4. The van der Waals surface area contributed by atoms with Crippen LogP contribution in [0, 0.1) is 0 Å². The maximum Gasteiger partial charge on any atom is 0.122 e. The van der Waals surface area contributed by atoms with Crippen molar-refractivity contribution in [1.82, 2.24) is 0 Å². The second kappa shape index (κ2) is 3.09. The highest BCUT2D eigenvalue weighted by Crippen LogP contribution is 2.19. The van der Waals surface area contributed by atoms with Crippen molar-refractivity contribution in [2.24, 2.45) is 15.4 Å². The first-order valence-electron chi connectivity index (χ1n) is 4.29. The van der Waals surface area contributed by atoms with Crippen LogP contribution in [0.3, 0.4) is 0 Å². The molecule has 0 spiro atoms. The molecule has 1 aromatic carbocycles. The van der Waals surface area contributed by atoms with E-state index in [2.05, 4.69) is 27.6 Å². The maximum atomic E-state index is 4.07. The number of hydrogen-bond acceptors (Lipinski definition) is 3. The zero-order valence-electron chi connectivity index (χ0n) is 7.51. The van der Waals surface area contributed by atoms with E-state index in [0.29, 0.717) is 0 Å². The van der Waals surface area contributed by atoms with Gasteiger partial charge in [-0.3, -0.25) is 0 Å². The topological polar surface area (TPSA) is 37.1 Å².